The molecule has 0 aliphatic carbocycles. The number of aromatic nitrogens is 1. The first-order valence-corrected chi connectivity index (χ1v) is 6.25. The van der Waals surface area contributed by atoms with Gasteiger partial charge in [0.1, 0.15) is 0 Å². The third-order valence-electron chi connectivity index (χ3n) is 3.80. The first kappa shape index (κ1) is 11.2. The van der Waals surface area contributed by atoms with Crippen molar-refractivity contribution >= 4 is 16.8 Å². The third-order valence-corrected chi connectivity index (χ3v) is 3.80. The highest BCUT2D eigenvalue weighted by Crippen LogP contribution is 2.32. The van der Waals surface area contributed by atoms with Gasteiger partial charge in [-0.3, -0.25) is 9.78 Å². The van der Waals surface area contributed by atoms with E-state index >= 15 is 0 Å². The number of rotatable bonds is 1. The molecule has 1 aromatic carbocycles. The van der Waals surface area contributed by atoms with Gasteiger partial charge in [-0.05, 0) is 38.5 Å². The number of likely N-dealkylation sites (tertiary alicyclic amines) is 1. The largest absolute Gasteiger partial charge is 0.333 e. The first-order chi connectivity index (χ1) is 8.59. The standard InChI is InChI=1S/C15H16N2O/c1-15(2)8-10-17(15)14(18)12-5-3-7-13-11(12)6-4-9-16-13/h3-7,9H,8,10H2,1-2H3. The Kier molecular flexibility index (Phi) is 2.37. The Hall–Kier alpha value is -1.90. The molecular formula is C15H16N2O. The van der Waals surface area contributed by atoms with Crippen LogP contribution in [-0.4, -0.2) is 27.9 Å². The van der Waals surface area contributed by atoms with Gasteiger partial charge in [-0.1, -0.05) is 12.1 Å². The van der Waals surface area contributed by atoms with Crippen molar-refractivity contribution in [2.24, 2.45) is 0 Å². The van der Waals surface area contributed by atoms with E-state index in [0.717, 1.165) is 29.4 Å². The van der Waals surface area contributed by atoms with Gasteiger partial charge in [-0.2, -0.15) is 0 Å². The average Bonchev–Trinajstić information content (AvgIpc) is 2.37. The van der Waals surface area contributed by atoms with Crippen molar-refractivity contribution in [1.82, 2.24) is 9.88 Å². The highest BCUT2D eigenvalue weighted by Gasteiger charge is 2.39. The predicted molar refractivity (Wildman–Crippen MR) is 71.5 cm³/mol. The van der Waals surface area contributed by atoms with Gasteiger partial charge in [-0.25, -0.2) is 0 Å². The summed E-state index contributed by atoms with van der Waals surface area (Å²) in [6.45, 7) is 5.07. The molecule has 3 heteroatoms. The normalized spacial score (nSPS) is 17.6. The second-order valence-corrected chi connectivity index (χ2v) is 5.39. The fourth-order valence-corrected chi connectivity index (χ4v) is 2.48. The van der Waals surface area contributed by atoms with Crippen molar-refractivity contribution in [3.63, 3.8) is 0 Å². The van der Waals surface area contributed by atoms with Gasteiger partial charge in [0.05, 0.1) is 5.52 Å². The topological polar surface area (TPSA) is 33.2 Å². The van der Waals surface area contributed by atoms with Gasteiger partial charge in [0.25, 0.3) is 5.91 Å². The molecule has 1 aliphatic rings. The molecule has 0 atom stereocenters. The molecule has 3 nitrogen and oxygen atoms in total. The average molecular weight is 240 g/mol. The van der Waals surface area contributed by atoms with E-state index in [9.17, 15) is 4.79 Å². The third kappa shape index (κ3) is 1.58. The van der Waals surface area contributed by atoms with Crippen molar-refractivity contribution < 1.29 is 4.79 Å². The molecule has 3 rings (SSSR count). The van der Waals surface area contributed by atoms with E-state index < -0.39 is 0 Å². The Balaban J connectivity index is 2.07. The van der Waals surface area contributed by atoms with Crippen LogP contribution in [0.4, 0.5) is 0 Å². The summed E-state index contributed by atoms with van der Waals surface area (Å²) in [7, 11) is 0. The molecule has 1 aromatic heterocycles. The van der Waals surface area contributed by atoms with E-state index in [0.29, 0.717) is 0 Å². The Morgan fingerprint density at radius 3 is 2.78 bits per heavy atom. The Bertz CT molecular complexity index is 613. The van der Waals surface area contributed by atoms with E-state index in [2.05, 4.69) is 18.8 Å². The lowest BCUT2D eigenvalue weighted by Gasteiger charge is -2.48. The van der Waals surface area contributed by atoms with Crippen LogP contribution in [0.1, 0.15) is 30.6 Å². The maximum Gasteiger partial charge on any atom is 0.254 e. The van der Waals surface area contributed by atoms with Crippen molar-refractivity contribution in [2.75, 3.05) is 6.54 Å². The minimum Gasteiger partial charge on any atom is -0.333 e. The number of carbonyl (C=O) groups is 1. The Morgan fingerprint density at radius 1 is 1.28 bits per heavy atom. The van der Waals surface area contributed by atoms with E-state index in [-0.39, 0.29) is 11.4 Å². The lowest BCUT2D eigenvalue weighted by Crippen LogP contribution is -2.58. The Labute approximate surface area is 106 Å². The molecule has 92 valence electrons. The highest BCUT2D eigenvalue weighted by atomic mass is 16.2. The van der Waals surface area contributed by atoms with Gasteiger partial charge in [0, 0.05) is 29.2 Å². The number of carbonyl (C=O) groups excluding carboxylic acids is 1. The van der Waals surface area contributed by atoms with Gasteiger partial charge >= 0.3 is 0 Å². The lowest BCUT2D eigenvalue weighted by molar-refractivity contribution is 0.0159. The molecule has 1 fully saturated rings. The van der Waals surface area contributed by atoms with Gasteiger partial charge < -0.3 is 4.90 Å². The van der Waals surface area contributed by atoms with Crippen LogP contribution in [0.3, 0.4) is 0 Å². The molecule has 1 saturated heterocycles. The molecule has 0 unspecified atom stereocenters. The molecule has 1 aliphatic heterocycles. The quantitative estimate of drug-likeness (QED) is 0.768. The molecule has 1 amide bonds. The summed E-state index contributed by atoms with van der Waals surface area (Å²) in [5.74, 6) is 0.116. The zero-order valence-electron chi connectivity index (χ0n) is 10.7. The number of pyridine rings is 1. The summed E-state index contributed by atoms with van der Waals surface area (Å²) in [5.41, 5.74) is 1.62. The fourth-order valence-electron chi connectivity index (χ4n) is 2.48. The molecule has 0 spiro atoms. The molecule has 0 N–H and O–H groups in total. The van der Waals surface area contributed by atoms with Crippen molar-refractivity contribution in [2.45, 2.75) is 25.8 Å². The fraction of sp³-hybridized carbons (Fsp3) is 0.333. The summed E-state index contributed by atoms with van der Waals surface area (Å²) >= 11 is 0. The van der Waals surface area contributed by atoms with Crippen LogP contribution in [0.25, 0.3) is 10.9 Å². The van der Waals surface area contributed by atoms with E-state index in [1.807, 2.05) is 35.2 Å². The van der Waals surface area contributed by atoms with Crippen LogP contribution in [0.5, 0.6) is 0 Å². The molecular weight excluding hydrogens is 224 g/mol. The summed E-state index contributed by atoms with van der Waals surface area (Å²) in [5, 5.41) is 0.938. The van der Waals surface area contributed by atoms with Crippen LogP contribution >= 0.6 is 0 Å². The van der Waals surface area contributed by atoms with E-state index in [4.69, 9.17) is 0 Å². The SMILES string of the molecule is CC1(C)CCN1C(=O)c1cccc2ncccc12. The highest BCUT2D eigenvalue weighted by molar-refractivity contribution is 6.06. The van der Waals surface area contributed by atoms with E-state index in [1.165, 1.54) is 0 Å². The maximum atomic E-state index is 12.6. The zero-order valence-corrected chi connectivity index (χ0v) is 10.7. The van der Waals surface area contributed by atoms with E-state index in [1.54, 1.807) is 6.20 Å². The number of benzene rings is 1. The van der Waals surface area contributed by atoms with Crippen LogP contribution < -0.4 is 0 Å². The van der Waals surface area contributed by atoms with Crippen molar-refractivity contribution in [3.05, 3.63) is 42.1 Å². The smallest absolute Gasteiger partial charge is 0.254 e. The molecule has 18 heavy (non-hydrogen) atoms. The minimum absolute atomic E-state index is 0.0124. The van der Waals surface area contributed by atoms with Crippen molar-refractivity contribution in [3.8, 4) is 0 Å². The molecule has 0 radical (unpaired) electrons. The predicted octanol–water partition coefficient (Wildman–Crippen LogP) is 2.86. The van der Waals surface area contributed by atoms with Crippen LogP contribution in [0.2, 0.25) is 0 Å². The van der Waals surface area contributed by atoms with Gasteiger partial charge in [0.2, 0.25) is 0 Å². The second kappa shape index (κ2) is 3.80. The number of hydrogen-bond donors (Lipinski definition) is 0. The number of nitrogens with zero attached hydrogens (tertiary/aromatic N) is 2. The van der Waals surface area contributed by atoms with Crippen LogP contribution in [-0.2, 0) is 0 Å². The van der Waals surface area contributed by atoms with Crippen LogP contribution in [0, 0.1) is 0 Å². The van der Waals surface area contributed by atoms with Crippen LogP contribution in [0.15, 0.2) is 36.5 Å². The number of fused-ring (bicyclic) bond motifs is 1. The summed E-state index contributed by atoms with van der Waals surface area (Å²) < 4.78 is 0. The maximum absolute atomic E-state index is 12.6. The van der Waals surface area contributed by atoms with Gasteiger partial charge in [-0.15, -0.1) is 0 Å². The second-order valence-electron chi connectivity index (χ2n) is 5.39. The van der Waals surface area contributed by atoms with Gasteiger partial charge in [0.15, 0.2) is 0 Å². The first-order valence-electron chi connectivity index (χ1n) is 6.25. The minimum atomic E-state index is -0.0124. The summed E-state index contributed by atoms with van der Waals surface area (Å²) in [6, 6.07) is 9.56. The Morgan fingerprint density at radius 2 is 2.11 bits per heavy atom. The number of hydrogen-bond acceptors (Lipinski definition) is 2. The summed E-state index contributed by atoms with van der Waals surface area (Å²) in [4.78, 5) is 18.8. The molecule has 0 bridgehead atoms. The number of amides is 1. The zero-order chi connectivity index (χ0) is 12.8. The monoisotopic (exact) mass is 240 g/mol. The molecule has 2 heterocycles. The summed E-state index contributed by atoms with van der Waals surface area (Å²) in [6.07, 6.45) is 2.83. The lowest BCUT2D eigenvalue weighted by atomic mass is 9.88. The molecule has 2 aromatic rings. The van der Waals surface area contributed by atoms with Crippen molar-refractivity contribution in [1.29, 1.82) is 0 Å². The molecule has 0 saturated carbocycles.